The molecule has 0 aliphatic carbocycles. The summed E-state index contributed by atoms with van der Waals surface area (Å²) >= 11 is 1.43. The largest absolute Gasteiger partial charge is 0.476 e. The first-order valence-corrected chi connectivity index (χ1v) is 16.8. The van der Waals surface area contributed by atoms with Gasteiger partial charge in [0.2, 0.25) is 5.88 Å². The lowest BCUT2D eigenvalue weighted by Gasteiger charge is -2.32. The zero-order valence-corrected chi connectivity index (χ0v) is 28.2. The van der Waals surface area contributed by atoms with E-state index >= 15 is 0 Å². The van der Waals surface area contributed by atoms with E-state index in [0.29, 0.717) is 23.7 Å². The molecule has 8 nitrogen and oxygen atoms in total. The van der Waals surface area contributed by atoms with E-state index in [1.54, 1.807) is 23.1 Å². The zero-order valence-electron chi connectivity index (χ0n) is 27.3. The highest BCUT2D eigenvalue weighted by Gasteiger charge is 2.48. The van der Waals surface area contributed by atoms with Crippen molar-refractivity contribution in [2.45, 2.75) is 70.9 Å². The van der Waals surface area contributed by atoms with Gasteiger partial charge in [0.15, 0.2) is 0 Å². The number of hydrogen-bond donors (Lipinski definition) is 2. The molecule has 0 fully saturated rings. The van der Waals surface area contributed by atoms with E-state index in [4.69, 9.17) is 9.72 Å². The van der Waals surface area contributed by atoms with Crippen LogP contribution in [0, 0.1) is 10.8 Å². The lowest BCUT2D eigenvalue weighted by atomic mass is 9.94. The van der Waals surface area contributed by atoms with Crippen LogP contribution >= 0.6 is 11.9 Å². The number of anilines is 2. The summed E-state index contributed by atoms with van der Waals surface area (Å²) in [5, 5.41) is 14.4. The summed E-state index contributed by atoms with van der Waals surface area (Å²) in [6.07, 6.45) is 4.09. The molecule has 0 spiro atoms. The third-order valence-corrected chi connectivity index (χ3v) is 9.09. The van der Waals surface area contributed by atoms with Crippen LogP contribution in [0.1, 0.15) is 58.9 Å². The molecular formula is C35H43F3N6O2S. The van der Waals surface area contributed by atoms with Gasteiger partial charge in [-0.25, -0.2) is 14.6 Å². The van der Waals surface area contributed by atoms with Crippen molar-refractivity contribution in [3.63, 3.8) is 0 Å². The van der Waals surface area contributed by atoms with Crippen LogP contribution < -0.4 is 14.4 Å². The van der Waals surface area contributed by atoms with E-state index in [9.17, 15) is 18.3 Å². The number of fused-ring (bicyclic) bond motifs is 6. The molecule has 1 aliphatic rings. The van der Waals surface area contributed by atoms with Crippen LogP contribution in [0.5, 0.6) is 5.88 Å². The number of hydrogen-bond acceptors (Lipinski definition) is 8. The Morgan fingerprint density at radius 1 is 0.979 bits per heavy atom. The first-order chi connectivity index (χ1) is 22.3. The summed E-state index contributed by atoms with van der Waals surface area (Å²) in [6, 6.07) is 17.5. The molecule has 3 aromatic heterocycles. The molecule has 252 valence electrons. The molecule has 1 aromatic carbocycles. The standard InChI is InChI=1S/C35H43F3N6O2S/c1-33(2,23-45)22-43-19-10-6-5-7-11-25-12-8-9-13-27(25)32-28(14-15-29(40-32)42-47-26-16-18-39-30(43)21-26)44-20-17-31(41-44)46-24-34(3,4)35(36,37)38/h8-9,12-18,20-21,45H,5-7,10-11,19,22-24H2,1-4H3,(H,40,42). The lowest BCUT2D eigenvalue weighted by molar-refractivity contribution is -0.219. The summed E-state index contributed by atoms with van der Waals surface area (Å²) in [5.74, 6) is 1.61. The van der Waals surface area contributed by atoms with Gasteiger partial charge in [0.25, 0.3) is 0 Å². The van der Waals surface area contributed by atoms with Gasteiger partial charge >= 0.3 is 6.18 Å². The SMILES string of the molecule is CC(C)(CO)CN1CCCCCCc2ccccc2-c2nc(ccc2-n2ccc(OCC(C)(C)C(F)(F)F)n2)NSc2ccnc1c2. The number of halogens is 3. The normalized spacial score (nSPS) is 15.0. The van der Waals surface area contributed by atoms with Crippen LogP contribution in [0.4, 0.5) is 24.8 Å². The van der Waals surface area contributed by atoms with Gasteiger partial charge in [-0.3, -0.25) is 0 Å². The van der Waals surface area contributed by atoms with Crippen molar-refractivity contribution in [1.82, 2.24) is 19.7 Å². The molecule has 12 heteroatoms. The van der Waals surface area contributed by atoms with Gasteiger partial charge in [0.05, 0.1) is 16.8 Å². The van der Waals surface area contributed by atoms with Crippen molar-refractivity contribution in [2.75, 3.05) is 35.9 Å². The van der Waals surface area contributed by atoms with Crippen molar-refractivity contribution in [3.05, 3.63) is 72.6 Å². The van der Waals surface area contributed by atoms with Gasteiger partial charge in [-0.05, 0) is 74.9 Å². The second-order valence-electron chi connectivity index (χ2n) is 13.5. The molecule has 4 heterocycles. The number of aromatic nitrogens is 4. The highest BCUT2D eigenvalue weighted by molar-refractivity contribution is 8.00. The average molecular weight is 669 g/mol. The minimum absolute atomic E-state index is 0.0893. The van der Waals surface area contributed by atoms with Gasteiger partial charge in [-0.2, -0.15) is 13.2 Å². The second-order valence-corrected chi connectivity index (χ2v) is 14.3. The summed E-state index contributed by atoms with van der Waals surface area (Å²) in [5.41, 5.74) is 1.23. The third-order valence-electron chi connectivity index (χ3n) is 8.29. The molecule has 0 saturated carbocycles. The molecule has 0 radical (unpaired) electrons. The Hall–Kier alpha value is -3.77. The Labute approximate surface area is 278 Å². The molecule has 5 rings (SSSR count). The third kappa shape index (κ3) is 8.78. The van der Waals surface area contributed by atoms with Crippen molar-refractivity contribution in [3.8, 4) is 22.8 Å². The Balaban J connectivity index is 1.47. The number of rotatable bonds is 7. The number of aliphatic hydroxyl groups is 1. The highest BCUT2D eigenvalue weighted by atomic mass is 32.2. The Bertz CT molecular complexity index is 1640. The molecule has 0 amide bonds. The van der Waals surface area contributed by atoms with Crippen molar-refractivity contribution >= 4 is 23.6 Å². The average Bonchev–Trinajstić information content (AvgIpc) is 3.52. The van der Waals surface area contributed by atoms with Crippen molar-refractivity contribution in [1.29, 1.82) is 0 Å². The molecule has 1 aliphatic heterocycles. The summed E-state index contributed by atoms with van der Waals surface area (Å²) in [4.78, 5) is 13.0. The molecule has 4 bridgehead atoms. The lowest BCUT2D eigenvalue weighted by Crippen LogP contribution is -2.37. The fourth-order valence-corrected chi connectivity index (χ4v) is 5.91. The molecule has 2 N–H and O–H groups in total. The molecular weight excluding hydrogens is 625 g/mol. The molecule has 4 aromatic rings. The number of alkyl halides is 3. The van der Waals surface area contributed by atoms with Crippen LogP contribution in [0.2, 0.25) is 0 Å². The summed E-state index contributed by atoms with van der Waals surface area (Å²) in [6.45, 7) is 7.43. The molecule has 47 heavy (non-hydrogen) atoms. The molecule has 0 saturated heterocycles. The Morgan fingerprint density at radius 2 is 1.77 bits per heavy atom. The second kappa shape index (κ2) is 14.6. The van der Waals surface area contributed by atoms with Gasteiger partial charge in [-0.1, -0.05) is 51.0 Å². The minimum Gasteiger partial charge on any atom is -0.476 e. The Morgan fingerprint density at radius 3 is 2.55 bits per heavy atom. The van der Waals surface area contributed by atoms with Crippen LogP contribution in [0.3, 0.4) is 0 Å². The first-order valence-electron chi connectivity index (χ1n) is 15.9. The fraction of sp³-hybridized carbons (Fsp3) is 0.457. The smallest absolute Gasteiger partial charge is 0.397 e. The van der Waals surface area contributed by atoms with Crippen LogP contribution in [-0.4, -0.2) is 57.3 Å². The minimum atomic E-state index is -4.40. The van der Waals surface area contributed by atoms with Gasteiger partial charge in [-0.15, -0.1) is 5.10 Å². The van der Waals surface area contributed by atoms with E-state index in [-0.39, 0.29) is 17.9 Å². The van der Waals surface area contributed by atoms with Crippen LogP contribution in [-0.2, 0) is 6.42 Å². The highest BCUT2D eigenvalue weighted by Crippen LogP contribution is 2.38. The number of aliphatic hydroxyl groups excluding tert-OH is 1. The van der Waals surface area contributed by atoms with E-state index in [0.717, 1.165) is 74.3 Å². The summed E-state index contributed by atoms with van der Waals surface area (Å²) < 4.78 is 50.7. The topological polar surface area (TPSA) is 88.3 Å². The van der Waals surface area contributed by atoms with Crippen LogP contribution in [0.15, 0.2) is 71.9 Å². The zero-order chi connectivity index (χ0) is 33.7. The monoisotopic (exact) mass is 668 g/mol. The summed E-state index contributed by atoms with van der Waals surface area (Å²) in [7, 11) is 0. The molecule has 0 atom stereocenters. The van der Waals surface area contributed by atoms with E-state index in [2.05, 4.69) is 51.8 Å². The first kappa shape index (κ1) is 34.6. The quantitative estimate of drug-likeness (QED) is 0.190. The number of pyridine rings is 2. The van der Waals surface area contributed by atoms with Gasteiger partial charge in [0, 0.05) is 54.0 Å². The van der Waals surface area contributed by atoms with Gasteiger partial charge in [0.1, 0.15) is 18.2 Å². The number of aryl methyl sites for hydroxylation is 1. The van der Waals surface area contributed by atoms with Gasteiger partial charge < -0.3 is 19.5 Å². The van der Waals surface area contributed by atoms with Crippen molar-refractivity contribution < 1.29 is 23.0 Å². The predicted molar refractivity (Wildman–Crippen MR) is 181 cm³/mol. The van der Waals surface area contributed by atoms with E-state index in [1.165, 1.54) is 11.9 Å². The fourth-order valence-electron chi connectivity index (χ4n) is 5.28. The number of nitrogens with zero attached hydrogens (tertiary/aromatic N) is 5. The predicted octanol–water partition coefficient (Wildman–Crippen LogP) is 8.36. The van der Waals surface area contributed by atoms with Crippen LogP contribution in [0.25, 0.3) is 16.9 Å². The van der Waals surface area contributed by atoms with Crippen molar-refractivity contribution in [2.24, 2.45) is 10.8 Å². The maximum absolute atomic E-state index is 13.4. The maximum atomic E-state index is 13.4. The number of ether oxygens (including phenoxy) is 1. The van der Waals surface area contributed by atoms with E-state index < -0.39 is 18.2 Å². The molecule has 0 unspecified atom stereocenters. The number of benzene rings is 1. The Kier molecular flexibility index (Phi) is 10.7. The maximum Gasteiger partial charge on any atom is 0.397 e. The number of nitrogens with one attached hydrogen (secondary N) is 1. The van der Waals surface area contributed by atoms with E-state index in [1.807, 2.05) is 30.3 Å².